The number of piperazine rings is 1. The topological polar surface area (TPSA) is 59.4 Å². The zero-order valence-corrected chi connectivity index (χ0v) is 14.2. The van der Waals surface area contributed by atoms with Crippen LogP contribution >= 0.6 is 0 Å². The van der Waals surface area contributed by atoms with E-state index in [1.807, 2.05) is 29.2 Å². The van der Waals surface area contributed by atoms with Gasteiger partial charge in [-0.05, 0) is 37.1 Å². The van der Waals surface area contributed by atoms with Crippen molar-refractivity contribution < 1.29 is 4.79 Å². The molecule has 0 atom stereocenters. The van der Waals surface area contributed by atoms with Crippen molar-refractivity contribution in [2.75, 3.05) is 31.1 Å². The Kier molecular flexibility index (Phi) is 5.58. The summed E-state index contributed by atoms with van der Waals surface area (Å²) in [4.78, 5) is 16.7. The number of urea groups is 1. The number of nitrogens with one attached hydrogen (secondary N) is 1. The van der Waals surface area contributed by atoms with Crippen molar-refractivity contribution >= 4 is 11.7 Å². The minimum Gasteiger partial charge on any atom is -0.368 e. The third-order valence-electron chi connectivity index (χ3n) is 5.11. The van der Waals surface area contributed by atoms with Gasteiger partial charge in [0.1, 0.15) is 0 Å². The van der Waals surface area contributed by atoms with E-state index >= 15 is 0 Å². The minimum absolute atomic E-state index is 0.0985. The molecule has 0 spiro atoms. The lowest BCUT2D eigenvalue weighted by Crippen LogP contribution is -2.53. The number of carbonyl (C=O) groups excluding carboxylic acids is 1. The molecule has 3 rings (SSSR count). The molecule has 2 fully saturated rings. The van der Waals surface area contributed by atoms with E-state index in [4.69, 9.17) is 5.26 Å². The average Bonchev–Trinajstić information content (AvgIpc) is 2.90. The molecule has 1 saturated carbocycles. The van der Waals surface area contributed by atoms with Crippen LogP contribution in [-0.4, -0.2) is 43.2 Å². The van der Waals surface area contributed by atoms with Crippen LogP contribution in [0.25, 0.3) is 0 Å². The van der Waals surface area contributed by atoms with Gasteiger partial charge in [0.15, 0.2) is 0 Å². The predicted octanol–water partition coefficient (Wildman–Crippen LogP) is 3.11. The smallest absolute Gasteiger partial charge is 0.317 e. The Morgan fingerprint density at radius 1 is 1.00 bits per heavy atom. The number of nitrogens with zero attached hydrogens (tertiary/aromatic N) is 3. The van der Waals surface area contributed by atoms with Crippen molar-refractivity contribution in [3.05, 3.63) is 29.8 Å². The van der Waals surface area contributed by atoms with E-state index in [0.717, 1.165) is 44.7 Å². The number of hydrogen-bond acceptors (Lipinski definition) is 3. The second kappa shape index (κ2) is 8.05. The van der Waals surface area contributed by atoms with E-state index < -0.39 is 0 Å². The predicted molar refractivity (Wildman–Crippen MR) is 95.0 cm³/mol. The molecule has 1 heterocycles. The maximum Gasteiger partial charge on any atom is 0.317 e. The minimum atomic E-state index is 0.0985. The van der Waals surface area contributed by atoms with Crippen LogP contribution < -0.4 is 10.2 Å². The highest BCUT2D eigenvalue weighted by Crippen LogP contribution is 2.19. The van der Waals surface area contributed by atoms with Crippen molar-refractivity contribution in [3.8, 4) is 6.07 Å². The Balaban J connectivity index is 1.48. The Labute approximate surface area is 144 Å². The number of amides is 2. The fourth-order valence-electron chi connectivity index (χ4n) is 3.60. The largest absolute Gasteiger partial charge is 0.368 e. The Morgan fingerprint density at radius 2 is 1.62 bits per heavy atom. The summed E-state index contributed by atoms with van der Waals surface area (Å²) >= 11 is 0. The normalized spacial score (nSPS) is 19.5. The van der Waals surface area contributed by atoms with Gasteiger partial charge in [0.05, 0.1) is 11.6 Å². The van der Waals surface area contributed by atoms with Gasteiger partial charge in [-0.2, -0.15) is 5.26 Å². The molecule has 1 saturated heterocycles. The number of carbonyl (C=O) groups is 1. The maximum absolute atomic E-state index is 12.5. The molecule has 1 N–H and O–H groups in total. The molecule has 1 aromatic carbocycles. The van der Waals surface area contributed by atoms with Gasteiger partial charge in [0, 0.05) is 37.9 Å². The van der Waals surface area contributed by atoms with E-state index in [-0.39, 0.29) is 6.03 Å². The number of benzene rings is 1. The first kappa shape index (κ1) is 16.6. The molecule has 0 radical (unpaired) electrons. The summed E-state index contributed by atoms with van der Waals surface area (Å²) in [6, 6.07) is 10.3. The van der Waals surface area contributed by atoms with Crippen LogP contribution in [0.3, 0.4) is 0 Å². The van der Waals surface area contributed by atoms with Gasteiger partial charge in [-0.15, -0.1) is 0 Å². The van der Waals surface area contributed by atoms with Gasteiger partial charge in [-0.25, -0.2) is 4.79 Å². The van der Waals surface area contributed by atoms with E-state index in [9.17, 15) is 4.79 Å². The van der Waals surface area contributed by atoms with Crippen molar-refractivity contribution in [2.24, 2.45) is 0 Å². The summed E-state index contributed by atoms with van der Waals surface area (Å²) in [7, 11) is 0. The highest BCUT2D eigenvalue weighted by atomic mass is 16.2. The van der Waals surface area contributed by atoms with Crippen LogP contribution in [0.15, 0.2) is 24.3 Å². The second-order valence-electron chi connectivity index (χ2n) is 6.77. The zero-order chi connectivity index (χ0) is 16.8. The van der Waals surface area contributed by atoms with E-state index in [0.29, 0.717) is 11.6 Å². The fraction of sp³-hybridized carbons (Fsp3) is 0.579. The Hall–Kier alpha value is -2.22. The van der Waals surface area contributed by atoms with Crippen LogP contribution in [0.5, 0.6) is 0 Å². The maximum atomic E-state index is 12.5. The Morgan fingerprint density at radius 3 is 2.21 bits per heavy atom. The molecule has 1 aliphatic carbocycles. The van der Waals surface area contributed by atoms with Gasteiger partial charge in [-0.3, -0.25) is 0 Å². The number of rotatable bonds is 2. The molecule has 2 amide bonds. The molecule has 0 bridgehead atoms. The van der Waals surface area contributed by atoms with Gasteiger partial charge in [0.25, 0.3) is 0 Å². The molecule has 24 heavy (non-hydrogen) atoms. The second-order valence-corrected chi connectivity index (χ2v) is 6.77. The molecule has 5 heteroatoms. The summed E-state index contributed by atoms with van der Waals surface area (Å²) in [6.07, 6.45) is 7.31. The van der Waals surface area contributed by atoms with E-state index in [1.165, 1.54) is 25.7 Å². The highest BCUT2D eigenvalue weighted by molar-refractivity contribution is 5.75. The van der Waals surface area contributed by atoms with E-state index in [2.05, 4.69) is 16.3 Å². The lowest BCUT2D eigenvalue weighted by molar-refractivity contribution is 0.189. The first-order chi connectivity index (χ1) is 11.8. The van der Waals surface area contributed by atoms with Crippen LogP contribution in [-0.2, 0) is 0 Å². The van der Waals surface area contributed by atoms with Gasteiger partial charge >= 0.3 is 6.03 Å². The molecule has 0 aromatic heterocycles. The quantitative estimate of drug-likeness (QED) is 0.850. The van der Waals surface area contributed by atoms with Crippen LogP contribution in [0.4, 0.5) is 10.5 Å². The zero-order valence-electron chi connectivity index (χ0n) is 14.2. The third kappa shape index (κ3) is 4.19. The molecule has 2 aliphatic rings. The van der Waals surface area contributed by atoms with Crippen LogP contribution in [0.2, 0.25) is 0 Å². The van der Waals surface area contributed by atoms with Crippen molar-refractivity contribution in [3.63, 3.8) is 0 Å². The summed E-state index contributed by atoms with van der Waals surface area (Å²) < 4.78 is 0. The molecule has 1 aromatic rings. The lowest BCUT2D eigenvalue weighted by atomic mass is 10.1. The molecular weight excluding hydrogens is 300 g/mol. The SMILES string of the molecule is N#Cc1ccc(N2CCN(C(=O)NC3CCCCCC3)CC2)cc1. The van der Waals surface area contributed by atoms with E-state index in [1.54, 1.807) is 0 Å². The summed E-state index contributed by atoms with van der Waals surface area (Å²) in [5.74, 6) is 0. The number of anilines is 1. The third-order valence-corrected chi connectivity index (χ3v) is 5.11. The molecule has 5 nitrogen and oxygen atoms in total. The Bertz CT molecular complexity index is 576. The van der Waals surface area contributed by atoms with Crippen LogP contribution in [0, 0.1) is 11.3 Å². The molecular formula is C19H26N4O. The van der Waals surface area contributed by atoms with Gasteiger partial charge in [-0.1, -0.05) is 25.7 Å². The van der Waals surface area contributed by atoms with Crippen molar-refractivity contribution in [2.45, 2.75) is 44.6 Å². The molecule has 128 valence electrons. The van der Waals surface area contributed by atoms with Gasteiger partial charge in [0.2, 0.25) is 0 Å². The van der Waals surface area contributed by atoms with Crippen molar-refractivity contribution in [1.82, 2.24) is 10.2 Å². The first-order valence-corrected chi connectivity index (χ1v) is 9.07. The van der Waals surface area contributed by atoms with Crippen LogP contribution in [0.1, 0.15) is 44.1 Å². The number of nitriles is 1. The standard InChI is InChI=1S/C19H26N4O/c20-15-16-7-9-18(10-8-16)22-11-13-23(14-12-22)19(24)21-17-5-3-1-2-4-6-17/h7-10,17H,1-6,11-14H2,(H,21,24). The fourth-order valence-corrected chi connectivity index (χ4v) is 3.60. The molecule has 1 aliphatic heterocycles. The van der Waals surface area contributed by atoms with Gasteiger partial charge < -0.3 is 15.1 Å². The summed E-state index contributed by atoms with van der Waals surface area (Å²) in [6.45, 7) is 3.17. The number of hydrogen-bond donors (Lipinski definition) is 1. The van der Waals surface area contributed by atoms with Crippen molar-refractivity contribution in [1.29, 1.82) is 5.26 Å². The summed E-state index contributed by atoms with van der Waals surface area (Å²) in [5.41, 5.74) is 1.80. The monoisotopic (exact) mass is 326 g/mol. The lowest BCUT2D eigenvalue weighted by Gasteiger charge is -2.36. The first-order valence-electron chi connectivity index (χ1n) is 9.07. The highest BCUT2D eigenvalue weighted by Gasteiger charge is 2.23. The average molecular weight is 326 g/mol. The summed E-state index contributed by atoms with van der Waals surface area (Å²) in [5, 5.41) is 12.1. The molecule has 0 unspecified atom stereocenters.